The Morgan fingerprint density at radius 3 is 2.70 bits per heavy atom. The van der Waals surface area contributed by atoms with Gasteiger partial charge in [-0.15, -0.1) is 11.3 Å². The predicted molar refractivity (Wildman–Crippen MR) is 112 cm³/mol. The Hall–Kier alpha value is -3.11. The molecule has 0 aliphatic carbocycles. The highest BCUT2D eigenvalue weighted by Crippen LogP contribution is 2.23. The lowest BCUT2D eigenvalue weighted by Gasteiger charge is -2.14. The Morgan fingerprint density at radius 1 is 1.27 bits per heavy atom. The molecule has 3 rings (SSSR count). The van der Waals surface area contributed by atoms with E-state index in [0.29, 0.717) is 23.7 Å². The maximum absolute atomic E-state index is 12.2. The average molecular weight is 433 g/mol. The molecule has 1 aromatic carbocycles. The second kappa shape index (κ2) is 10.1. The molecule has 1 aliphatic heterocycles. The van der Waals surface area contributed by atoms with Crippen LogP contribution in [0, 0.1) is 6.92 Å². The van der Waals surface area contributed by atoms with E-state index in [0.717, 1.165) is 10.6 Å². The number of nitrogens with zero attached hydrogens (tertiary/aromatic N) is 1. The van der Waals surface area contributed by atoms with Crippen molar-refractivity contribution >= 4 is 40.7 Å². The molecule has 1 unspecified atom stereocenters. The molecule has 160 valence electrons. The lowest BCUT2D eigenvalue weighted by molar-refractivity contribution is -0.142. The van der Waals surface area contributed by atoms with E-state index < -0.39 is 18.2 Å². The lowest BCUT2D eigenvalue weighted by Crippen LogP contribution is -2.34. The molecule has 2 aromatic rings. The van der Waals surface area contributed by atoms with Gasteiger partial charge in [-0.05, 0) is 43.3 Å². The summed E-state index contributed by atoms with van der Waals surface area (Å²) in [6.45, 7) is 2.93. The standard InChI is InChI=1S/C20H23N3O6S/c1-13-2-7-17(30-13)19(26)22-10-16-11-23(20(27)29-16)15-5-3-14(4-6-15)21-8-9-28-12-18(24)25/h2-7,16,21H,8-12H2,1H3,(H,22,26)(H,24,25). The molecular weight excluding hydrogens is 410 g/mol. The molecule has 1 fully saturated rings. The highest BCUT2D eigenvalue weighted by atomic mass is 32.1. The molecule has 0 saturated carbocycles. The minimum atomic E-state index is -1.00. The number of anilines is 2. The first kappa shape index (κ1) is 21.6. The van der Waals surface area contributed by atoms with Gasteiger partial charge in [-0.25, -0.2) is 9.59 Å². The zero-order valence-corrected chi connectivity index (χ0v) is 17.2. The summed E-state index contributed by atoms with van der Waals surface area (Å²) in [6, 6.07) is 10.9. The minimum Gasteiger partial charge on any atom is -0.480 e. The van der Waals surface area contributed by atoms with E-state index in [-0.39, 0.29) is 25.7 Å². The summed E-state index contributed by atoms with van der Waals surface area (Å²) in [7, 11) is 0. The van der Waals surface area contributed by atoms with E-state index in [4.69, 9.17) is 14.6 Å². The van der Waals surface area contributed by atoms with Gasteiger partial charge >= 0.3 is 12.1 Å². The summed E-state index contributed by atoms with van der Waals surface area (Å²) in [5.41, 5.74) is 1.51. The van der Waals surface area contributed by atoms with Crippen LogP contribution in [-0.2, 0) is 14.3 Å². The molecule has 1 saturated heterocycles. The minimum absolute atomic E-state index is 0.176. The van der Waals surface area contributed by atoms with Gasteiger partial charge in [0.05, 0.1) is 24.6 Å². The van der Waals surface area contributed by atoms with Crippen molar-refractivity contribution in [1.29, 1.82) is 0 Å². The number of rotatable bonds is 10. The number of aliphatic carboxylic acids is 1. The zero-order chi connectivity index (χ0) is 21.5. The van der Waals surface area contributed by atoms with Crippen LogP contribution in [0.25, 0.3) is 0 Å². The fourth-order valence-electron chi connectivity index (χ4n) is 2.88. The van der Waals surface area contributed by atoms with Gasteiger partial charge in [0.25, 0.3) is 5.91 Å². The van der Waals surface area contributed by atoms with Crippen LogP contribution in [0.3, 0.4) is 0 Å². The molecular formula is C20H23N3O6S. The van der Waals surface area contributed by atoms with Crippen LogP contribution in [0.5, 0.6) is 0 Å². The molecule has 3 N–H and O–H groups in total. The van der Waals surface area contributed by atoms with E-state index in [1.807, 2.05) is 25.1 Å². The average Bonchev–Trinajstić information content (AvgIpc) is 3.32. The Balaban J connectivity index is 1.45. The topological polar surface area (TPSA) is 117 Å². The van der Waals surface area contributed by atoms with Crippen molar-refractivity contribution in [2.24, 2.45) is 0 Å². The molecule has 2 amide bonds. The zero-order valence-electron chi connectivity index (χ0n) is 16.4. The monoisotopic (exact) mass is 433 g/mol. The van der Waals surface area contributed by atoms with Crippen molar-refractivity contribution in [2.45, 2.75) is 13.0 Å². The molecule has 9 nitrogen and oxygen atoms in total. The van der Waals surface area contributed by atoms with E-state index in [2.05, 4.69) is 10.6 Å². The van der Waals surface area contributed by atoms with E-state index in [1.165, 1.54) is 16.2 Å². The Labute approximate surface area is 177 Å². The highest BCUT2D eigenvalue weighted by Gasteiger charge is 2.32. The van der Waals surface area contributed by atoms with Gasteiger partial charge in [0.2, 0.25) is 0 Å². The number of nitrogens with one attached hydrogen (secondary N) is 2. The van der Waals surface area contributed by atoms with E-state index in [1.54, 1.807) is 18.2 Å². The summed E-state index contributed by atoms with van der Waals surface area (Å²) >= 11 is 1.42. The first-order valence-corrected chi connectivity index (χ1v) is 10.2. The molecule has 1 atom stereocenters. The molecule has 2 heterocycles. The summed E-state index contributed by atoms with van der Waals surface area (Å²) in [5, 5.41) is 14.4. The first-order valence-electron chi connectivity index (χ1n) is 9.38. The Morgan fingerprint density at radius 2 is 2.03 bits per heavy atom. The van der Waals surface area contributed by atoms with E-state index in [9.17, 15) is 14.4 Å². The summed E-state index contributed by atoms with van der Waals surface area (Å²) < 4.78 is 10.3. The summed E-state index contributed by atoms with van der Waals surface area (Å²) in [6.07, 6.45) is -0.879. The number of cyclic esters (lactones) is 1. The van der Waals surface area contributed by atoms with Crippen LogP contribution < -0.4 is 15.5 Å². The maximum atomic E-state index is 12.2. The summed E-state index contributed by atoms with van der Waals surface area (Å²) in [4.78, 5) is 37.9. The van der Waals surface area contributed by atoms with Crippen LogP contribution in [0.4, 0.5) is 16.2 Å². The second-order valence-corrected chi connectivity index (χ2v) is 7.94. The fraction of sp³-hybridized carbons (Fsp3) is 0.350. The van der Waals surface area contributed by atoms with Gasteiger partial charge in [-0.1, -0.05) is 0 Å². The van der Waals surface area contributed by atoms with Crippen molar-refractivity contribution in [3.63, 3.8) is 0 Å². The van der Waals surface area contributed by atoms with E-state index >= 15 is 0 Å². The molecule has 0 bridgehead atoms. The summed E-state index contributed by atoms with van der Waals surface area (Å²) in [5.74, 6) is -1.18. The third-order valence-electron chi connectivity index (χ3n) is 4.31. The third-order valence-corrected chi connectivity index (χ3v) is 5.31. The quantitative estimate of drug-likeness (QED) is 0.492. The second-order valence-electron chi connectivity index (χ2n) is 6.66. The fourth-order valence-corrected chi connectivity index (χ4v) is 3.66. The molecule has 0 radical (unpaired) electrons. The number of ether oxygens (including phenoxy) is 2. The molecule has 1 aromatic heterocycles. The van der Waals surface area contributed by atoms with Gasteiger partial charge in [0, 0.05) is 22.8 Å². The third kappa shape index (κ3) is 5.94. The van der Waals surface area contributed by atoms with Crippen molar-refractivity contribution in [3.8, 4) is 0 Å². The van der Waals surface area contributed by atoms with Gasteiger partial charge in [0.1, 0.15) is 12.7 Å². The molecule has 0 spiro atoms. The number of carbonyl (C=O) groups excluding carboxylic acids is 2. The maximum Gasteiger partial charge on any atom is 0.414 e. The number of amides is 2. The smallest absolute Gasteiger partial charge is 0.414 e. The molecule has 1 aliphatic rings. The number of hydrogen-bond donors (Lipinski definition) is 3. The number of benzene rings is 1. The number of carbonyl (C=O) groups is 3. The first-order chi connectivity index (χ1) is 14.4. The van der Waals surface area contributed by atoms with Crippen molar-refractivity contribution in [2.75, 3.05) is 43.1 Å². The van der Waals surface area contributed by atoms with Crippen LogP contribution in [-0.4, -0.2) is 62.0 Å². The van der Waals surface area contributed by atoms with Gasteiger partial charge < -0.3 is 25.2 Å². The van der Waals surface area contributed by atoms with Gasteiger partial charge in [-0.3, -0.25) is 9.69 Å². The van der Waals surface area contributed by atoms with Crippen molar-refractivity contribution in [3.05, 3.63) is 46.2 Å². The predicted octanol–water partition coefficient (Wildman–Crippen LogP) is 2.32. The van der Waals surface area contributed by atoms with Crippen molar-refractivity contribution < 1.29 is 29.0 Å². The normalized spacial score (nSPS) is 15.7. The lowest BCUT2D eigenvalue weighted by atomic mass is 10.2. The molecule has 10 heteroatoms. The number of thiophene rings is 1. The van der Waals surface area contributed by atoms with Crippen molar-refractivity contribution in [1.82, 2.24) is 5.32 Å². The number of hydrogen-bond acceptors (Lipinski definition) is 7. The van der Waals surface area contributed by atoms with Gasteiger partial charge in [0.15, 0.2) is 0 Å². The number of carboxylic acid groups (broad SMARTS) is 1. The largest absolute Gasteiger partial charge is 0.480 e. The Bertz CT molecular complexity index is 898. The van der Waals surface area contributed by atoms with Crippen LogP contribution in [0.2, 0.25) is 0 Å². The van der Waals surface area contributed by atoms with Crippen LogP contribution >= 0.6 is 11.3 Å². The van der Waals surface area contributed by atoms with Crippen LogP contribution in [0.1, 0.15) is 14.5 Å². The Kier molecular flexibility index (Phi) is 7.26. The molecule has 30 heavy (non-hydrogen) atoms. The van der Waals surface area contributed by atoms with Crippen LogP contribution in [0.15, 0.2) is 36.4 Å². The number of carboxylic acids is 1. The van der Waals surface area contributed by atoms with Gasteiger partial charge in [-0.2, -0.15) is 0 Å². The SMILES string of the molecule is Cc1ccc(C(=O)NCC2CN(c3ccc(NCCOCC(=O)O)cc3)C(=O)O2)s1. The number of aryl methyl sites for hydroxylation is 1. The highest BCUT2D eigenvalue weighted by molar-refractivity contribution is 7.13.